The fourth-order valence-corrected chi connectivity index (χ4v) is 3.34. The lowest BCUT2D eigenvalue weighted by Crippen LogP contribution is -2.38. The summed E-state index contributed by atoms with van der Waals surface area (Å²) in [5.41, 5.74) is 8.58. The summed E-state index contributed by atoms with van der Waals surface area (Å²) in [6.45, 7) is 6.46. The maximum absolute atomic E-state index is 11.9. The number of nitrogens with one attached hydrogen (secondary N) is 2. The van der Waals surface area contributed by atoms with Gasteiger partial charge >= 0.3 is 11.8 Å². The van der Waals surface area contributed by atoms with Crippen molar-refractivity contribution in [2.45, 2.75) is 27.2 Å². The van der Waals surface area contributed by atoms with Gasteiger partial charge in [-0.25, -0.2) is 5.43 Å². The molecule has 0 spiro atoms. The molecule has 2 amide bonds. The van der Waals surface area contributed by atoms with Crippen LogP contribution >= 0.6 is 0 Å². The lowest BCUT2D eigenvalue weighted by molar-refractivity contribution is -0.139. The Hall–Kier alpha value is -3.67. The summed E-state index contributed by atoms with van der Waals surface area (Å²) in [5.74, 6) is -1.49. The summed E-state index contributed by atoms with van der Waals surface area (Å²) in [7, 11) is 0. The van der Waals surface area contributed by atoms with Gasteiger partial charge in [0.05, 0.1) is 6.21 Å². The fourth-order valence-electron chi connectivity index (χ4n) is 3.34. The normalized spacial score (nSPS) is 10.9. The quantitative estimate of drug-likeness (QED) is 0.377. The van der Waals surface area contributed by atoms with Gasteiger partial charge < -0.3 is 9.88 Å². The van der Waals surface area contributed by atoms with E-state index in [1.165, 1.54) is 5.56 Å². The number of amides is 2. The SMILES string of the molecule is Cc1cccc(-n2c(C)cc(/C=N\NC(=O)C(=O)NCCc3ccccc3)c2C)c1. The Morgan fingerprint density at radius 1 is 0.967 bits per heavy atom. The second kappa shape index (κ2) is 9.69. The van der Waals surface area contributed by atoms with Crippen molar-refractivity contribution in [3.05, 3.63) is 88.7 Å². The van der Waals surface area contributed by atoms with Crippen molar-refractivity contribution in [1.82, 2.24) is 15.3 Å². The number of rotatable bonds is 6. The first-order valence-corrected chi connectivity index (χ1v) is 9.87. The minimum atomic E-state index is -0.785. The summed E-state index contributed by atoms with van der Waals surface area (Å²) in [5, 5.41) is 6.56. The van der Waals surface area contributed by atoms with E-state index in [1.807, 2.05) is 56.3 Å². The van der Waals surface area contributed by atoms with E-state index in [0.717, 1.165) is 28.2 Å². The Morgan fingerprint density at radius 3 is 2.47 bits per heavy atom. The number of aromatic nitrogens is 1. The van der Waals surface area contributed by atoms with Crippen LogP contribution in [0.1, 0.15) is 28.1 Å². The molecule has 1 heterocycles. The van der Waals surface area contributed by atoms with Crippen LogP contribution in [0.3, 0.4) is 0 Å². The number of hydrogen-bond acceptors (Lipinski definition) is 3. The van der Waals surface area contributed by atoms with Crippen LogP contribution in [0, 0.1) is 20.8 Å². The van der Waals surface area contributed by atoms with Gasteiger partial charge in [0.1, 0.15) is 0 Å². The van der Waals surface area contributed by atoms with E-state index >= 15 is 0 Å². The second-order valence-corrected chi connectivity index (χ2v) is 7.19. The topological polar surface area (TPSA) is 75.5 Å². The minimum absolute atomic E-state index is 0.387. The molecule has 3 rings (SSSR count). The average molecular weight is 402 g/mol. The van der Waals surface area contributed by atoms with Crippen molar-refractivity contribution in [3.8, 4) is 5.69 Å². The number of nitrogens with zero attached hydrogens (tertiary/aromatic N) is 2. The largest absolute Gasteiger partial charge is 0.347 e. The van der Waals surface area contributed by atoms with E-state index in [2.05, 4.69) is 45.5 Å². The van der Waals surface area contributed by atoms with Gasteiger partial charge in [-0.15, -0.1) is 0 Å². The van der Waals surface area contributed by atoms with Crippen molar-refractivity contribution in [3.63, 3.8) is 0 Å². The summed E-state index contributed by atoms with van der Waals surface area (Å²) in [6.07, 6.45) is 2.22. The van der Waals surface area contributed by atoms with Crippen molar-refractivity contribution >= 4 is 18.0 Å². The van der Waals surface area contributed by atoms with Crippen LogP contribution < -0.4 is 10.7 Å². The molecule has 0 bridgehead atoms. The highest BCUT2D eigenvalue weighted by Crippen LogP contribution is 2.20. The molecular formula is C24H26N4O2. The Labute approximate surface area is 176 Å². The third-order valence-corrected chi connectivity index (χ3v) is 4.85. The molecule has 0 atom stereocenters. The lowest BCUT2D eigenvalue weighted by atomic mass is 10.1. The highest BCUT2D eigenvalue weighted by atomic mass is 16.2. The predicted molar refractivity (Wildman–Crippen MR) is 119 cm³/mol. The Balaban J connectivity index is 1.56. The Kier molecular flexibility index (Phi) is 6.80. The number of benzene rings is 2. The molecule has 1 aromatic heterocycles. The van der Waals surface area contributed by atoms with Crippen molar-refractivity contribution in [1.29, 1.82) is 0 Å². The molecule has 2 aromatic carbocycles. The summed E-state index contributed by atoms with van der Waals surface area (Å²) >= 11 is 0. The predicted octanol–water partition coefficient (Wildman–Crippen LogP) is 3.21. The maximum atomic E-state index is 11.9. The fraction of sp³-hybridized carbons (Fsp3) is 0.208. The molecule has 0 fully saturated rings. The first kappa shape index (κ1) is 21.0. The van der Waals surface area contributed by atoms with E-state index in [1.54, 1.807) is 6.21 Å². The molecule has 0 saturated heterocycles. The van der Waals surface area contributed by atoms with Crippen molar-refractivity contribution < 1.29 is 9.59 Å². The molecule has 3 aromatic rings. The van der Waals surface area contributed by atoms with Crippen LogP contribution in [0.2, 0.25) is 0 Å². The Morgan fingerprint density at radius 2 is 1.73 bits per heavy atom. The molecule has 0 aliphatic rings. The first-order valence-electron chi connectivity index (χ1n) is 9.87. The molecule has 6 nitrogen and oxygen atoms in total. The zero-order chi connectivity index (χ0) is 21.5. The van der Waals surface area contributed by atoms with Gasteiger partial charge in [-0.2, -0.15) is 5.10 Å². The van der Waals surface area contributed by atoms with Crippen LogP contribution in [0.5, 0.6) is 0 Å². The monoisotopic (exact) mass is 402 g/mol. The smallest absolute Gasteiger partial charge is 0.329 e. The summed E-state index contributed by atoms with van der Waals surface area (Å²) in [6, 6.07) is 20.0. The van der Waals surface area contributed by atoms with Gasteiger partial charge in [-0.3, -0.25) is 9.59 Å². The molecule has 0 aliphatic carbocycles. The second-order valence-electron chi connectivity index (χ2n) is 7.19. The third-order valence-electron chi connectivity index (χ3n) is 4.85. The zero-order valence-corrected chi connectivity index (χ0v) is 17.5. The van der Waals surface area contributed by atoms with Crippen molar-refractivity contribution in [2.75, 3.05) is 6.54 Å². The van der Waals surface area contributed by atoms with E-state index in [-0.39, 0.29) is 0 Å². The van der Waals surface area contributed by atoms with E-state index in [9.17, 15) is 9.59 Å². The highest BCUT2D eigenvalue weighted by molar-refractivity contribution is 6.35. The molecule has 6 heteroatoms. The maximum Gasteiger partial charge on any atom is 0.329 e. The molecule has 30 heavy (non-hydrogen) atoms. The average Bonchev–Trinajstić information content (AvgIpc) is 3.01. The van der Waals surface area contributed by atoms with Crippen LogP contribution in [0.4, 0.5) is 0 Å². The third kappa shape index (κ3) is 5.23. The van der Waals surface area contributed by atoms with Gasteiger partial charge in [0.2, 0.25) is 0 Å². The van der Waals surface area contributed by atoms with Gasteiger partial charge in [-0.05, 0) is 56.5 Å². The van der Waals surface area contributed by atoms with Gasteiger partial charge in [0.15, 0.2) is 0 Å². The summed E-state index contributed by atoms with van der Waals surface area (Å²) < 4.78 is 2.13. The molecule has 0 radical (unpaired) electrons. The number of aryl methyl sites for hydroxylation is 2. The van der Waals surface area contributed by atoms with Crippen LogP contribution in [-0.2, 0) is 16.0 Å². The highest BCUT2D eigenvalue weighted by Gasteiger charge is 2.13. The number of carbonyl (C=O) groups excluding carboxylic acids is 2. The van der Waals surface area contributed by atoms with Crippen molar-refractivity contribution in [2.24, 2.45) is 5.10 Å². The number of hydrazone groups is 1. The van der Waals surface area contributed by atoms with E-state index in [4.69, 9.17) is 0 Å². The van der Waals surface area contributed by atoms with Crippen LogP contribution in [-0.4, -0.2) is 29.1 Å². The molecule has 2 N–H and O–H groups in total. The zero-order valence-electron chi connectivity index (χ0n) is 17.5. The molecule has 0 unspecified atom stereocenters. The van der Waals surface area contributed by atoms with Gasteiger partial charge in [0.25, 0.3) is 0 Å². The minimum Gasteiger partial charge on any atom is -0.347 e. The van der Waals surface area contributed by atoms with Crippen LogP contribution in [0.25, 0.3) is 5.69 Å². The van der Waals surface area contributed by atoms with Gasteiger partial charge in [0, 0.05) is 29.2 Å². The molecular weight excluding hydrogens is 376 g/mol. The molecule has 154 valence electrons. The standard InChI is InChI=1S/C24H26N4O2/c1-17-8-7-11-22(14-17)28-18(2)15-21(19(28)3)16-26-27-24(30)23(29)25-13-12-20-9-5-4-6-10-20/h4-11,14-16H,12-13H2,1-3H3,(H,25,29)(H,27,30)/b26-16-. The lowest BCUT2D eigenvalue weighted by Gasteiger charge is -2.10. The first-order chi connectivity index (χ1) is 14.5. The van der Waals surface area contributed by atoms with E-state index < -0.39 is 11.8 Å². The number of hydrogen-bond donors (Lipinski definition) is 2. The number of carbonyl (C=O) groups is 2. The summed E-state index contributed by atoms with van der Waals surface area (Å²) in [4.78, 5) is 23.9. The van der Waals surface area contributed by atoms with E-state index in [0.29, 0.717) is 13.0 Å². The van der Waals surface area contributed by atoms with Gasteiger partial charge in [-0.1, -0.05) is 42.5 Å². The van der Waals surface area contributed by atoms with Crippen LogP contribution in [0.15, 0.2) is 65.8 Å². The molecule has 0 saturated carbocycles. The Bertz CT molecular complexity index is 1070. The molecule has 0 aliphatic heterocycles.